The van der Waals surface area contributed by atoms with E-state index in [1.165, 1.54) is 0 Å². The van der Waals surface area contributed by atoms with Gasteiger partial charge in [-0.15, -0.1) is 5.10 Å². The van der Waals surface area contributed by atoms with Crippen LogP contribution in [0.15, 0.2) is 6.20 Å². The van der Waals surface area contributed by atoms with Gasteiger partial charge in [-0.3, -0.25) is 0 Å². The molecule has 0 saturated heterocycles. The smallest absolute Gasteiger partial charge is 0.240 e. The monoisotopic (exact) mass is 152 g/mol. The third-order valence-corrected chi connectivity index (χ3v) is 1.24. The van der Waals surface area contributed by atoms with Crippen LogP contribution in [0, 0.1) is 5.92 Å². The molecule has 0 amide bonds. The fourth-order valence-electron chi connectivity index (χ4n) is 0.870. The molecule has 0 fully saturated rings. The predicted molar refractivity (Wildman–Crippen MR) is 42.8 cm³/mol. The molecule has 0 spiro atoms. The molecule has 0 atom stereocenters. The molecule has 2 N–H and O–H groups in total. The summed E-state index contributed by atoms with van der Waals surface area (Å²) in [6, 6.07) is 0. The molecule has 4 heteroatoms. The Morgan fingerprint density at radius 1 is 1.55 bits per heavy atom. The summed E-state index contributed by atoms with van der Waals surface area (Å²) in [5.41, 5.74) is 6.26. The number of aromatic nitrogens is 3. The van der Waals surface area contributed by atoms with Gasteiger partial charge in [-0.25, -0.2) is 4.98 Å². The first-order valence-electron chi connectivity index (χ1n) is 3.62. The molecule has 0 aromatic carbocycles. The van der Waals surface area contributed by atoms with Crippen LogP contribution in [-0.4, -0.2) is 15.2 Å². The van der Waals surface area contributed by atoms with E-state index in [1.54, 1.807) is 6.20 Å². The Bertz CT molecular complexity index is 234. The zero-order valence-electron chi connectivity index (χ0n) is 6.78. The summed E-state index contributed by atoms with van der Waals surface area (Å²) in [6.45, 7) is 4.25. The average Bonchev–Trinajstić information content (AvgIpc) is 1.85. The van der Waals surface area contributed by atoms with E-state index in [-0.39, 0.29) is 5.95 Å². The maximum Gasteiger partial charge on any atom is 0.240 e. The molecule has 1 aromatic heterocycles. The van der Waals surface area contributed by atoms with Gasteiger partial charge in [0.15, 0.2) is 0 Å². The molecular formula is C7H12N4. The van der Waals surface area contributed by atoms with E-state index >= 15 is 0 Å². The fourth-order valence-corrected chi connectivity index (χ4v) is 0.870. The van der Waals surface area contributed by atoms with Crippen molar-refractivity contribution in [2.75, 3.05) is 5.73 Å². The molecule has 1 aromatic rings. The minimum atomic E-state index is 0.253. The second kappa shape index (κ2) is 3.27. The summed E-state index contributed by atoms with van der Waals surface area (Å²) in [6.07, 6.45) is 2.55. The van der Waals surface area contributed by atoms with Crippen molar-refractivity contribution < 1.29 is 0 Å². The fraction of sp³-hybridized carbons (Fsp3) is 0.571. The summed E-state index contributed by atoms with van der Waals surface area (Å²) in [4.78, 5) is 4.02. The van der Waals surface area contributed by atoms with Gasteiger partial charge in [0.05, 0.1) is 11.9 Å². The molecule has 0 unspecified atom stereocenters. The third-order valence-electron chi connectivity index (χ3n) is 1.24. The molecule has 0 saturated carbocycles. The standard InChI is InChI=1S/C7H12N4/c1-5(2)3-6-4-9-11-7(8)10-6/h4-5H,3H2,1-2H3,(H2,8,10,11). The van der Waals surface area contributed by atoms with Crippen LogP contribution in [0.25, 0.3) is 0 Å². The van der Waals surface area contributed by atoms with Crippen LogP contribution in [0.4, 0.5) is 5.95 Å². The second-order valence-corrected chi connectivity index (χ2v) is 2.90. The highest BCUT2D eigenvalue weighted by Gasteiger charge is 1.99. The predicted octanol–water partition coefficient (Wildman–Crippen LogP) is 0.652. The lowest BCUT2D eigenvalue weighted by atomic mass is 10.1. The van der Waals surface area contributed by atoms with Crippen LogP contribution in [0.3, 0.4) is 0 Å². The number of nitrogens with zero attached hydrogens (tertiary/aromatic N) is 3. The van der Waals surface area contributed by atoms with Crippen molar-refractivity contribution in [3.8, 4) is 0 Å². The molecule has 11 heavy (non-hydrogen) atoms. The van der Waals surface area contributed by atoms with E-state index in [0.29, 0.717) is 5.92 Å². The maximum absolute atomic E-state index is 5.35. The quantitative estimate of drug-likeness (QED) is 0.675. The van der Waals surface area contributed by atoms with Gasteiger partial charge in [-0.1, -0.05) is 13.8 Å². The van der Waals surface area contributed by atoms with Gasteiger partial charge in [-0.2, -0.15) is 5.10 Å². The Morgan fingerprint density at radius 3 is 2.82 bits per heavy atom. The highest BCUT2D eigenvalue weighted by Crippen LogP contribution is 2.03. The first-order valence-corrected chi connectivity index (χ1v) is 3.62. The number of nitrogen functional groups attached to an aromatic ring is 1. The van der Waals surface area contributed by atoms with Gasteiger partial charge in [0.25, 0.3) is 0 Å². The van der Waals surface area contributed by atoms with Crippen LogP contribution in [-0.2, 0) is 6.42 Å². The van der Waals surface area contributed by atoms with Crippen molar-refractivity contribution in [2.45, 2.75) is 20.3 Å². The normalized spacial score (nSPS) is 10.5. The van der Waals surface area contributed by atoms with Gasteiger partial charge in [0.1, 0.15) is 0 Å². The van der Waals surface area contributed by atoms with Crippen LogP contribution in [0.5, 0.6) is 0 Å². The molecule has 1 rings (SSSR count). The van der Waals surface area contributed by atoms with Crippen molar-refractivity contribution in [1.82, 2.24) is 15.2 Å². The van der Waals surface area contributed by atoms with Gasteiger partial charge >= 0.3 is 0 Å². The lowest BCUT2D eigenvalue weighted by Crippen LogP contribution is -2.03. The first-order chi connectivity index (χ1) is 5.18. The summed E-state index contributed by atoms with van der Waals surface area (Å²) in [7, 11) is 0. The minimum Gasteiger partial charge on any atom is -0.366 e. The Hall–Kier alpha value is -1.19. The zero-order chi connectivity index (χ0) is 8.27. The number of nitrogens with two attached hydrogens (primary N) is 1. The van der Waals surface area contributed by atoms with Crippen LogP contribution >= 0.6 is 0 Å². The average molecular weight is 152 g/mol. The minimum absolute atomic E-state index is 0.253. The van der Waals surface area contributed by atoms with Gasteiger partial charge in [0, 0.05) is 0 Å². The topological polar surface area (TPSA) is 64.7 Å². The number of hydrogen-bond acceptors (Lipinski definition) is 4. The molecule has 0 bridgehead atoms. The summed E-state index contributed by atoms with van der Waals surface area (Å²) >= 11 is 0. The van der Waals surface area contributed by atoms with E-state index in [9.17, 15) is 0 Å². The van der Waals surface area contributed by atoms with Crippen molar-refractivity contribution in [3.63, 3.8) is 0 Å². The Balaban J connectivity index is 2.71. The lowest BCUT2D eigenvalue weighted by Gasteiger charge is -2.01. The molecular weight excluding hydrogens is 140 g/mol. The van der Waals surface area contributed by atoms with E-state index in [2.05, 4.69) is 29.0 Å². The van der Waals surface area contributed by atoms with Crippen molar-refractivity contribution in [2.24, 2.45) is 5.92 Å². The SMILES string of the molecule is CC(C)Cc1cnnc(N)n1. The van der Waals surface area contributed by atoms with Gasteiger partial charge in [-0.05, 0) is 12.3 Å². The zero-order valence-corrected chi connectivity index (χ0v) is 6.78. The van der Waals surface area contributed by atoms with Crippen molar-refractivity contribution >= 4 is 5.95 Å². The summed E-state index contributed by atoms with van der Waals surface area (Å²) < 4.78 is 0. The molecule has 1 heterocycles. The molecule has 4 nitrogen and oxygen atoms in total. The van der Waals surface area contributed by atoms with Crippen LogP contribution in [0.2, 0.25) is 0 Å². The maximum atomic E-state index is 5.35. The van der Waals surface area contributed by atoms with E-state index in [1.807, 2.05) is 0 Å². The highest BCUT2D eigenvalue weighted by atomic mass is 15.2. The van der Waals surface area contributed by atoms with E-state index < -0.39 is 0 Å². The highest BCUT2D eigenvalue weighted by molar-refractivity contribution is 5.13. The van der Waals surface area contributed by atoms with E-state index in [0.717, 1.165) is 12.1 Å². The Kier molecular flexibility index (Phi) is 2.36. The van der Waals surface area contributed by atoms with Crippen molar-refractivity contribution in [3.05, 3.63) is 11.9 Å². The first kappa shape index (κ1) is 7.91. The van der Waals surface area contributed by atoms with Crippen molar-refractivity contribution in [1.29, 1.82) is 0 Å². The molecule has 0 radical (unpaired) electrons. The number of rotatable bonds is 2. The van der Waals surface area contributed by atoms with Crippen LogP contribution in [0.1, 0.15) is 19.5 Å². The van der Waals surface area contributed by atoms with Gasteiger partial charge in [0.2, 0.25) is 5.95 Å². The largest absolute Gasteiger partial charge is 0.366 e. The molecule has 60 valence electrons. The summed E-state index contributed by atoms with van der Waals surface area (Å²) in [5.74, 6) is 0.828. The molecule has 0 aliphatic carbocycles. The van der Waals surface area contributed by atoms with Gasteiger partial charge < -0.3 is 5.73 Å². The Labute approximate surface area is 65.9 Å². The van der Waals surface area contributed by atoms with E-state index in [4.69, 9.17) is 5.73 Å². The van der Waals surface area contributed by atoms with Crippen LogP contribution < -0.4 is 5.73 Å². The number of hydrogen-bond donors (Lipinski definition) is 1. The lowest BCUT2D eigenvalue weighted by molar-refractivity contribution is 0.630. The molecule has 0 aliphatic rings. The summed E-state index contributed by atoms with van der Waals surface area (Å²) in [5, 5.41) is 7.26. The third kappa shape index (κ3) is 2.49. The number of anilines is 1. The Morgan fingerprint density at radius 2 is 2.27 bits per heavy atom. The molecule has 0 aliphatic heterocycles. The second-order valence-electron chi connectivity index (χ2n) is 2.90.